The van der Waals surface area contributed by atoms with Gasteiger partial charge in [0.05, 0.1) is 5.54 Å². The fourth-order valence-electron chi connectivity index (χ4n) is 1.09. The number of hydrogen-bond acceptors (Lipinski definition) is 2. The first-order chi connectivity index (χ1) is 6.18. The first-order valence-corrected chi connectivity index (χ1v) is 5.43. The van der Waals surface area contributed by atoms with Crippen LogP contribution in [0.4, 0.5) is 0 Å². The molecule has 0 bridgehead atoms. The van der Waals surface area contributed by atoms with E-state index in [1.165, 1.54) is 3.57 Å². The second-order valence-corrected chi connectivity index (χ2v) is 4.85. The molecule has 1 aromatic rings. The SMILES string of the molecule is NC1(COc2cccc(I)c2)CC1. The van der Waals surface area contributed by atoms with Gasteiger partial charge in [0.1, 0.15) is 12.4 Å². The van der Waals surface area contributed by atoms with Gasteiger partial charge in [-0.1, -0.05) is 6.07 Å². The van der Waals surface area contributed by atoms with Crippen molar-refractivity contribution in [3.63, 3.8) is 0 Å². The van der Waals surface area contributed by atoms with Gasteiger partial charge >= 0.3 is 0 Å². The molecule has 0 amide bonds. The highest BCUT2D eigenvalue weighted by Gasteiger charge is 2.39. The summed E-state index contributed by atoms with van der Waals surface area (Å²) in [4.78, 5) is 0. The molecule has 0 aliphatic heterocycles. The summed E-state index contributed by atoms with van der Waals surface area (Å²) < 4.78 is 6.78. The van der Waals surface area contributed by atoms with Crippen LogP contribution in [-0.2, 0) is 0 Å². The Morgan fingerprint density at radius 2 is 2.23 bits per heavy atom. The molecule has 0 saturated heterocycles. The fraction of sp³-hybridized carbons (Fsp3) is 0.400. The number of benzene rings is 1. The number of hydrogen-bond donors (Lipinski definition) is 1. The van der Waals surface area contributed by atoms with Crippen LogP contribution in [0.25, 0.3) is 0 Å². The predicted molar refractivity (Wildman–Crippen MR) is 60.8 cm³/mol. The molecule has 0 unspecified atom stereocenters. The molecular weight excluding hydrogens is 277 g/mol. The molecule has 0 spiro atoms. The van der Waals surface area contributed by atoms with Crippen molar-refractivity contribution < 1.29 is 4.74 Å². The van der Waals surface area contributed by atoms with E-state index >= 15 is 0 Å². The highest BCUT2D eigenvalue weighted by molar-refractivity contribution is 14.1. The lowest BCUT2D eigenvalue weighted by Gasteiger charge is -2.10. The Balaban J connectivity index is 1.94. The van der Waals surface area contributed by atoms with E-state index in [0.717, 1.165) is 18.6 Å². The molecule has 70 valence electrons. The first-order valence-electron chi connectivity index (χ1n) is 4.35. The van der Waals surface area contributed by atoms with Gasteiger partial charge in [0.15, 0.2) is 0 Å². The molecular formula is C10H12INO. The Bertz CT molecular complexity index is 310. The summed E-state index contributed by atoms with van der Waals surface area (Å²) in [6.07, 6.45) is 2.19. The maximum absolute atomic E-state index is 5.91. The van der Waals surface area contributed by atoms with Gasteiger partial charge < -0.3 is 10.5 Å². The van der Waals surface area contributed by atoms with Crippen molar-refractivity contribution in [1.82, 2.24) is 0 Å². The van der Waals surface area contributed by atoms with Gasteiger partial charge in [-0.2, -0.15) is 0 Å². The van der Waals surface area contributed by atoms with Gasteiger partial charge in [-0.15, -0.1) is 0 Å². The molecule has 13 heavy (non-hydrogen) atoms. The molecule has 0 radical (unpaired) electrons. The highest BCUT2D eigenvalue weighted by atomic mass is 127. The monoisotopic (exact) mass is 289 g/mol. The first kappa shape index (κ1) is 9.27. The topological polar surface area (TPSA) is 35.2 Å². The minimum absolute atomic E-state index is 0.0265. The van der Waals surface area contributed by atoms with E-state index < -0.39 is 0 Å². The van der Waals surface area contributed by atoms with Crippen LogP contribution < -0.4 is 10.5 Å². The molecule has 2 nitrogen and oxygen atoms in total. The van der Waals surface area contributed by atoms with Crippen molar-refractivity contribution in [2.24, 2.45) is 5.73 Å². The third-order valence-corrected chi connectivity index (χ3v) is 2.89. The third kappa shape index (κ3) is 2.57. The maximum atomic E-state index is 5.91. The molecule has 0 aromatic heterocycles. The summed E-state index contributed by atoms with van der Waals surface area (Å²) in [5, 5.41) is 0. The van der Waals surface area contributed by atoms with E-state index in [4.69, 9.17) is 10.5 Å². The molecule has 0 heterocycles. The van der Waals surface area contributed by atoms with Crippen LogP contribution >= 0.6 is 22.6 Å². The minimum atomic E-state index is -0.0265. The van der Waals surface area contributed by atoms with Crippen LogP contribution in [0.15, 0.2) is 24.3 Å². The lowest BCUT2D eigenvalue weighted by Crippen LogP contribution is -2.29. The molecule has 3 heteroatoms. The van der Waals surface area contributed by atoms with Crippen molar-refractivity contribution >= 4 is 22.6 Å². The lowest BCUT2D eigenvalue weighted by atomic mass is 10.3. The zero-order valence-electron chi connectivity index (χ0n) is 7.29. The zero-order valence-corrected chi connectivity index (χ0v) is 9.45. The van der Waals surface area contributed by atoms with Gasteiger partial charge in [0.25, 0.3) is 0 Å². The molecule has 1 aliphatic rings. The number of nitrogens with two attached hydrogens (primary N) is 1. The second-order valence-electron chi connectivity index (χ2n) is 3.61. The molecule has 1 aliphatic carbocycles. The standard InChI is InChI=1S/C10H12INO/c11-8-2-1-3-9(6-8)13-7-10(12)4-5-10/h1-3,6H,4-5,7,12H2. The van der Waals surface area contributed by atoms with Gasteiger partial charge in [-0.05, 0) is 53.6 Å². The van der Waals surface area contributed by atoms with E-state index in [1.54, 1.807) is 0 Å². The van der Waals surface area contributed by atoms with Crippen LogP contribution in [0.3, 0.4) is 0 Å². The van der Waals surface area contributed by atoms with Gasteiger partial charge in [-0.25, -0.2) is 0 Å². The van der Waals surface area contributed by atoms with Crippen molar-refractivity contribution in [1.29, 1.82) is 0 Å². The zero-order chi connectivity index (χ0) is 9.31. The quantitative estimate of drug-likeness (QED) is 0.865. The van der Waals surface area contributed by atoms with Crippen LogP contribution in [0.1, 0.15) is 12.8 Å². The molecule has 1 fully saturated rings. The van der Waals surface area contributed by atoms with Crippen molar-refractivity contribution in [2.75, 3.05) is 6.61 Å². The highest BCUT2D eigenvalue weighted by Crippen LogP contribution is 2.32. The van der Waals surface area contributed by atoms with Crippen LogP contribution in [0, 0.1) is 3.57 Å². The third-order valence-electron chi connectivity index (χ3n) is 2.21. The fourth-order valence-corrected chi connectivity index (χ4v) is 1.60. The molecule has 1 aromatic carbocycles. The largest absolute Gasteiger partial charge is 0.492 e. The van der Waals surface area contributed by atoms with E-state index in [2.05, 4.69) is 22.6 Å². The predicted octanol–water partition coefficient (Wildman–Crippen LogP) is 2.16. The summed E-state index contributed by atoms with van der Waals surface area (Å²) in [6, 6.07) is 8.02. The Morgan fingerprint density at radius 1 is 1.46 bits per heavy atom. The summed E-state index contributed by atoms with van der Waals surface area (Å²) in [7, 11) is 0. The summed E-state index contributed by atoms with van der Waals surface area (Å²) in [5.74, 6) is 0.920. The smallest absolute Gasteiger partial charge is 0.120 e. The molecule has 2 N–H and O–H groups in total. The Hall–Kier alpha value is -0.290. The van der Waals surface area contributed by atoms with Crippen LogP contribution in [-0.4, -0.2) is 12.1 Å². The molecule has 0 atom stereocenters. The van der Waals surface area contributed by atoms with E-state index in [9.17, 15) is 0 Å². The van der Waals surface area contributed by atoms with Crippen molar-refractivity contribution in [2.45, 2.75) is 18.4 Å². The summed E-state index contributed by atoms with van der Waals surface area (Å²) >= 11 is 2.27. The average Bonchev–Trinajstić information content (AvgIpc) is 2.82. The van der Waals surface area contributed by atoms with Gasteiger partial charge in [0, 0.05) is 3.57 Å². The van der Waals surface area contributed by atoms with Gasteiger partial charge in [-0.3, -0.25) is 0 Å². The average molecular weight is 289 g/mol. The number of halogens is 1. The molecule has 2 rings (SSSR count). The number of rotatable bonds is 3. The van der Waals surface area contributed by atoms with Gasteiger partial charge in [0.2, 0.25) is 0 Å². The Morgan fingerprint density at radius 3 is 2.85 bits per heavy atom. The second kappa shape index (κ2) is 3.46. The summed E-state index contributed by atoms with van der Waals surface area (Å²) in [5.41, 5.74) is 5.88. The number of ether oxygens (including phenoxy) is 1. The van der Waals surface area contributed by atoms with E-state index in [-0.39, 0.29) is 5.54 Å². The Kier molecular flexibility index (Phi) is 2.47. The lowest BCUT2D eigenvalue weighted by molar-refractivity contribution is 0.279. The Labute approximate surface area is 91.6 Å². The maximum Gasteiger partial charge on any atom is 0.120 e. The summed E-state index contributed by atoms with van der Waals surface area (Å²) in [6.45, 7) is 0.646. The van der Waals surface area contributed by atoms with Crippen molar-refractivity contribution in [3.8, 4) is 5.75 Å². The van der Waals surface area contributed by atoms with E-state index in [0.29, 0.717) is 6.61 Å². The van der Waals surface area contributed by atoms with E-state index in [1.807, 2.05) is 24.3 Å². The van der Waals surface area contributed by atoms with Crippen LogP contribution in [0.2, 0.25) is 0 Å². The normalized spacial score (nSPS) is 18.3. The minimum Gasteiger partial charge on any atom is -0.492 e. The van der Waals surface area contributed by atoms with Crippen LogP contribution in [0.5, 0.6) is 5.75 Å². The van der Waals surface area contributed by atoms with Crippen molar-refractivity contribution in [3.05, 3.63) is 27.8 Å². The molecule has 1 saturated carbocycles.